The molecule has 3 amide bonds. The SMILES string of the molecule is CCCCCOc1cc(N2CCCN(Cc3ccc(CC(=O)N(C)C4CCN(CC)C4)cc3OC)C2=O)ccc1OC. The number of rotatable bonds is 14. The van der Waals surface area contributed by atoms with Crippen molar-refractivity contribution in [2.75, 3.05) is 65.5 Å². The van der Waals surface area contributed by atoms with Crippen LogP contribution in [0.3, 0.4) is 0 Å². The fraction of sp³-hybridized carbons (Fsp3) is 0.576. The van der Waals surface area contributed by atoms with E-state index in [4.69, 9.17) is 14.2 Å². The molecule has 9 nitrogen and oxygen atoms in total. The summed E-state index contributed by atoms with van der Waals surface area (Å²) in [6.07, 6.45) is 5.40. The molecule has 42 heavy (non-hydrogen) atoms. The van der Waals surface area contributed by atoms with Gasteiger partial charge < -0.3 is 28.9 Å². The molecule has 2 fully saturated rings. The number of amides is 3. The van der Waals surface area contributed by atoms with E-state index >= 15 is 0 Å². The number of likely N-dealkylation sites (N-methyl/N-ethyl adjacent to an activating group) is 2. The number of hydrogen-bond donors (Lipinski definition) is 0. The Hall–Kier alpha value is -3.46. The third-order valence-corrected chi connectivity index (χ3v) is 8.48. The number of nitrogens with zero attached hydrogens (tertiary/aromatic N) is 4. The highest BCUT2D eigenvalue weighted by molar-refractivity contribution is 5.93. The number of methoxy groups -OCH3 is 2. The Morgan fingerprint density at radius 2 is 1.79 bits per heavy atom. The van der Waals surface area contributed by atoms with E-state index in [0.717, 1.165) is 68.6 Å². The highest BCUT2D eigenvalue weighted by Crippen LogP contribution is 2.34. The first kappa shape index (κ1) is 31.5. The highest BCUT2D eigenvalue weighted by atomic mass is 16.5. The van der Waals surface area contributed by atoms with Gasteiger partial charge in [0.2, 0.25) is 5.91 Å². The minimum atomic E-state index is -0.0519. The maximum atomic E-state index is 13.6. The van der Waals surface area contributed by atoms with Gasteiger partial charge in [0.05, 0.1) is 33.8 Å². The first-order chi connectivity index (χ1) is 20.4. The Labute approximate surface area is 251 Å². The molecule has 9 heteroatoms. The maximum Gasteiger partial charge on any atom is 0.324 e. The summed E-state index contributed by atoms with van der Waals surface area (Å²) in [6, 6.07) is 11.8. The monoisotopic (exact) mass is 580 g/mol. The largest absolute Gasteiger partial charge is 0.496 e. The Morgan fingerprint density at radius 1 is 0.976 bits per heavy atom. The number of carbonyl (C=O) groups is 2. The zero-order valence-electron chi connectivity index (χ0n) is 26.1. The van der Waals surface area contributed by atoms with Gasteiger partial charge in [-0.3, -0.25) is 9.69 Å². The zero-order valence-corrected chi connectivity index (χ0v) is 26.1. The number of anilines is 1. The highest BCUT2D eigenvalue weighted by Gasteiger charge is 2.29. The average molecular weight is 581 g/mol. The van der Waals surface area contributed by atoms with Crippen LogP contribution in [0.1, 0.15) is 57.1 Å². The molecule has 0 N–H and O–H groups in total. The normalized spacial score (nSPS) is 17.5. The van der Waals surface area contributed by atoms with Gasteiger partial charge >= 0.3 is 6.03 Å². The van der Waals surface area contributed by atoms with Crippen LogP contribution in [0, 0.1) is 0 Å². The molecule has 2 aromatic carbocycles. The molecule has 0 aromatic heterocycles. The van der Waals surface area contributed by atoms with Gasteiger partial charge in [0.1, 0.15) is 5.75 Å². The van der Waals surface area contributed by atoms with Crippen molar-refractivity contribution in [1.29, 1.82) is 0 Å². The lowest BCUT2D eigenvalue weighted by molar-refractivity contribution is -0.131. The van der Waals surface area contributed by atoms with Crippen molar-refractivity contribution in [3.05, 3.63) is 47.5 Å². The predicted octanol–water partition coefficient (Wildman–Crippen LogP) is 5.20. The van der Waals surface area contributed by atoms with Crippen LogP contribution in [0.2, 0.25) is 0 Å². The molecule has 1 unspecified atom stereocenters. The molecular formula is C33H48N4O5. The van der Waals surface area contributed by atoms with E-state index in [2.05, 4.69) is 18.7 Å². The lowest BCUT2D eigenvalue weighted by Crippen LogP contribution is -2.49. The van der Waals surface area contributed by atoms with Crippen molar-refractivity contribution >= 4 is 17.6 Å². The molecule has 2 aliphatic heterocycles. The van der Waals surface area contributed by atoms with E-state index in [-0.39, 0.29) is 18.0 Å². The molecule has 2 saturated heterocycles. The molecule has 0 spiro atoms. The van der Waals surface area contributed by atoms with Crippen LogP contribution < -0.4 is 19.1 Å². The van der Waals surface area contributed by atoms with Crippen molar-refractivity contribution in [3.8, 4) is 17.2 Å². The minimum absolute atomic E-state index is 0.0519. The van der Waals surface area contributed by atoms with Crippen molar-refractivity contribution in [2.24, 2.45) is 0 Å². The molecule has 1 atom stereocenters. The fourth-order valence-electron chi connectivity index (χ4n) is 5.80. The van der Waals surface area contributed by atoms with Crippen LogP contribution in [-0.4, -0.2) is 93.3 Å². The standard InChI is InChI=1S/C33H48N4O5/c1-6-8-9-19-42-31-22-27(13-14-29(31)40-4)37-17-10-16-36(33(37)39)23-26-12-11-25(20-30(26)41-5)21-32(38)34(3)28-15-18-35(7-2)24-28/h11-14,20,22,28H,6-10,15-19,21,23-24H2,1-5H3. The quantitative estimate of drug-likeness (QED) is 0.286. The van der Waals surface area contributed by atoms with Gasteiger partial charge in [0, 0.05) is 56.6 Å². The zero-order chi connectivity index (χ0) is 30.1. The lowest BCUT2D eigenvalue weighted by atomic mass is 10.1. The summed E-state index contributed by atoms with van der Waals surface area (Å²) in [5, 5.41) is 0. The third-order valence-electron chi connectivity index (χ3n) is 8.48. The maximum absolute atomic E-state index is 13.6. The molecule has 4 rings (SSSR count). The molecule has 2 heterocycles. The molecule has 0 aliphatic carbocycles. The van der Waals surface area contributed by atoms with Crippen molar-refractivity contribution in [2.45, 2.75) is 65.0 Å². The minimum Gasteiger partial charge on any atom is -0.496 e. The first-order valence-electron chi connectivity index (χ1n) is 15.4. The Balaban J connectivity index is 1.41. The van der Waals surface area contributed by atoms with Crippen molar-refractivity contribution in [3.63, 3.8) is 0 Å². The number of likely N-dealkylation sites (tertiary alicyclic amines) is 1. The van der Waals surface area contributed by atoms with Crippen LogP contribution >= 0.6 is 0 Å². The molecule has 2 aromatic rings. The van der Waals surface area contributed by atoms with E-state index in [9.17, 15) is 9.59 Å². The van der Waals surface area contributed by atoms with Gasteiger partial charge in [-0.15, -0.1) is 0 Å². The lowest BCUT2D eigenvalue weighted by Gasteiger charge is -2.36. The van der Waals surface area contributed by atoms with Gasteiger partial charge in [-0.1, -0.05) is 38.8 Å². The number of benzene rings is 2. The van der Waals surface area contributed by atoms with E-state index in [1.807, 2.05) is 53.2 Å². The van der Waals surface area contributed by atoms with Crippen LogP contribution in [0.4, 0.5) is 10.5 Å². The number of ether oxygens (including phenoxy) is 3. The summed E-state index contributed by atoms with van der Waals surface area (Å²) in [7, 11) is 5.18. The van der Waals surface area contributed by atoms with Gasteiger partial charge in [0.25, 0.3) is 0 Å². The Bertz CT molecular complexity index is 1200. The summed E-state index contributed by atoms with van der Waals surface area (Å²) in [6.45, 7) is 9.66. The van der Waals surface area contributed by atoms with Crippen LogP contribution in [-0.2, 0) is 17.8 Å². The van der Waals surface area contributed by atoms with Crippen LogP contribution in [0.15, 0.2) is 36.4 Å². The van der Waals surface area contributed by atoms with E-state index in [0.29, 0.717) is 49.9 Å². The molecule has 0 saturated carbocycles. The average Bonchev–Trinajstić information content (AvgIpc) is 3.50. The Morgan fingerprint density at radius 3 is 2.50 bits per heavy atom. The summed E-state index contributed by atoms with van der Waals surface area (Å²) in [4.78, 5) is 34.6. The first-order valence-corrected chi connectivity index (χ1v) is 15.4. The van der Waals surface area contributed by atoms with E-state index in [1.165, 1.54) is 0 Å². The summed E-state index contributed by atoms with van der Waals surface area (Å²) in [5.74, 6) is 2.13. The summed E-state index contributed by atoms with van der Waals surface area (Å²) < 4.78 is 17.2. The fourth-order valence-corrected chi connectivity index (χ4v) is 5.80. The summed E-state index contributed by atoms with van der Waals surface area (Å²) >= 11 is 0. The second-order valence-electron chi connectivity index (χ2n) is 11.3. The number of urea groups is 1. The number of hydrogen-bond acceptors (Lipinski definition) is 6. The van der Waals surface area contributed by atoms with Crippen molar-refractivity contribution in [1.82, 2.24) is 14.7 Å². The molecule has 230 valence electrons. The van der Waals surface area contributed by atoms with Crippen molar-refractivity contribution < 1.29 is 23.8 Å². The second-order valence-corrected chi connectivity index (χ2v) is 11.3. The van der Waals surface area contributed by atoms with Gasteiger partial charge in [0.15, 0.2) is 11.5 Å². The van der Waals surface area contributed by atoms with Crippen LogP contribution in [0.25, 0.3) is 0 Å². The van der Waals surface area contributed by atoms with E-state index in [1.54, 1.807) is 19.1 Å². The van der Waals surface area contributed by atoms with Crippen LogP contribution in [0.5, 0.6) is 17.2 Å². The smallest absolute Gasteiger partial charge is 0.324 e. The van der Waals surface area contributed by atoms with Gasteiger partial charge in [-0.05, 0) is 49.6 Å². The molecular weight excluding hydrogens is 532 g/mol. The third kappa shape index (κ3) is 7.68. The molecule has 0 bridgehead atoms. The molecule has 0 radical (unpaired) electrons. The predicted molar refractivity (Wildman–Crippen MR) is 166 cm³/mol. The second kappa shape index (κ2) is 15.1. The van der Waals surface area contributed by atoms with Gasteiger partial charge in [-0.2, -0.15) is 0 Å². The van der Waals surface area contributed by atoms with E-state index < -0.39 is 0 Å². The summed E-state index contributed by atoms with van der Waals surface area (Å²) in [5.41, 5.74) is 2.63. The Kier molecular flexibility index (Phi) is 11.3. The number of unbranched alkanes of at least 4 members (excludes halogenated alkanes) is 2. The molecule has 2 aliphatic rings. The van der Waals surface area contributed by atoms with Gasteiger partial charge in [-0.25, -0.2) is 4.79 Å². The number of carbonyl (C=O) groups excluding carboxylic acids is 2. The topological polar surface area (TPSA) is 74.8 Å².